The maximum Gasteiger partial charge on any atom is 0.410 e. The number of hydrogen-bond donors (Lipinski definition) is 2. The lowest BCUT2D eigenvalue weighted by Crippen LogP contribution is -2.37. The summed E-state index contributed by atoms with van der Waals surface area (Å²) in [6.07, 6.45) is 0.0254. The number of aromatic amines is 1. The van der Waals surface area contributed by atoms with Crippen molar-refractivity contribution < 1.29 is 14.3 Å². The number of thiazole rings is 1. The Labute approximate surface area is 219 Å². The normalized spacial score (nSPS) is 11.2. The predicted molar refractivity (Wildman–Crippen MR) is 141 cm³/mol. The number of para-hydroxylation sites is 2. The van der Waals surface area contributed by atoms with Crippen LogP contribution >= 0.6 is 11.3 Å². The molecule has 0 aliphatic carbocycles. The number of hydrogen-bond acceptors (Lipinski definition) is 7. The number of amides is 2. The number of carbonyl (C=O) groups is 2. The molecule has 0 spiro atoms. The number of carbonyl (C=O) groups excluding carboxylic acids is 2. The van der Waals surface area contributed by atoms with Crippen molar-refractivity contribution in [3.8, 4) is 6.07 Å². The fraction of sp³-hybridized carbons (Fsp3) is 0.296. The Morgan fingerprint density at radius 2 is 1.89 bits per heavy atom. The number of nitrogens with one attached hydrogen (secondary N) is 2. The molecule has 0 saturated carbocycles. The topological polar surface area (TPSA) is 124 Å². The summed E-state index contributed by atoms with van der Waals surface area (Å²) in [7, 11) is 0. The molecule has 0 atom stereocenters. The van der Waals surface area contributed by atoms with Gasteiger partial charge in [0, 0.05) is 24.9 Å². The van der Waals surface area contributed by atoms with Crippen LogP contribution in [0.1, 0.15) is 53.2 Å². The molecule has 4 aromatic rings. The molecular weight excluding hydrogens is 488 g/mol. The SMILES string of the molecule is CC(C)(C)OC(=O)N(CCc1nc(C(=O)NCc2ccc(C#N)cc2)cs1)Cc1nc2ccccc2[nH]1. The minimum Gasteiger partial charge on any atom is -0.444 e. The maximum atomic E-state index is 12.9. The van der Waals surface area contributed by atoms with Crippen LogP contribution in [0, 0.1) is 11.3 Å². The second-order valence-electron chi connectivity index (χ2n) is 9.47. The van der Waals surface area contributed by atoms with Crippen molar-refractivity contribution in [3.63, 3.8) is 0 Å². The molecule has 2 aromatic heterocycles. The van der Waals surface area contributed by atoms with Gasteiger partial charge in [0.1, 0.15) is 17.1 Å². The summed E-state index contributed by atoms with van der Waals surface area (Å²) in [5, 5.41) is 14.2. The summed E-state index contributed by atoms with van der Waals surface area (Å²) in [5.74, 6) is 0.382. The average molecular weight is 517 g/mol. The molecule has 10 heteroatoms. The Hall–Kier alpha value is -4.23. The van der Waals surface area contributed by atoms with Crippen molar-refractivity contribution in [2.45, 2.75) is 45.9 Å². The predicted octanol–water partition coefficient (Wildman–Crippen LogP) is 4.80. The lowest BCUT2D eigenvalue weighted by molar-refractivity contribution is 0.0231. The molecule has 0 aliphatic heterocycles. The molecule has 2 N–H and O–H groups in total. The van der Waals surface area contributed by atoms with Crippen molar-refractivity contribution in [1.29, 1.82) is 5.26 Å². The van der Waals surface area contributed by atoms with E-state index in [2.05, 4.69) is 26.3 Å². The molecule has 2 heterocycles. The molecule has 0 bridgehead atoms. The van der Waals surface area contributed by atoms with Gasteiger partial charge in [0.05, 0.1) is 34.2 Å². The van der Waals surface area contributed by atoms with Gasteiger partial charge in [-0.3, -0.25) is 4.79 Å². The number of nitrogens with zero attached hydrogens (tertiary/aromatic N) is 4. The van der Waals surface area contributed by atoms with Crippen LogP contribution in [-0.2, 0) is 24.2 Å². The number of imidazole rings is 1. The van der Waals surface area contributed by atoms with Gasteiger partial charge in [0.2, 0.25) is 0 Å². The first-order valence-electron chi connectivity index (χ1n) is 11.8. The third kappa shape index (κ3) is 7.15. The molecule has 0 fully saturated rings. The second-order valence-corrected chi connectivity index (χ2v) is 10.4. The van der Waals surface area contributed by atoms with Crippen LogP contribution < -0.4 is 5.32 Å². The highest BCUT2D eigenvalue weighted by Gasteiger charge is 2.24. The smallest absolute Gasteiger partial charge is 0.410 e. The van der Waals surface area contributed by atoms with Gasteiger partial charge in [-0.05, 0) is 50.6 Å². The van der Waals surface area contributed by atoms with Gasteiger partial charge >= 0.3 is 6.09 Å². The van der Waals surface area contributed by atoms with Crippen molar-refractivity contribution >= 4 is 34.4 Å². The molecule has 0 aliphatic rings. The molecular formula is C27H28N6O3S. The molecule has 9 nitrogen and oxygen atoms in total. The fourth-order valence-corrected chi connectivity index (χ4v) is 4.32. The number of aromatic nitrogens is 3. The van der Waals surface area contributed by atoms with E-state index in [4.69, 9.17) is 10.00 Å². The Morgan fingerprint density at radius 1 is 1.14 bits per heavy atom. The van der Waals surface area contributed by atoms with E-state index in [9.17, 15) is 9.59 Å². The van der Waals surface area contributed by atoms with Crippen molar-refractivity contribution in [1.82, 2.24) is 25.2 Å². The first kappa shape index (κ1) is 25.9. The van der Waals surface area contributed by atoms with E-state index in [1.807, 2.05) is 45.0 Å². The highest BCUT2D eigenvalue weighted by Crippen LogP contribution is 2.17. The molecule has 2 aromatic carbocycles. The zero-order valence-corrected chi connectivity index (χ0v) is 21.8. The van der Waals surface area contributed by atoms with Crippen LogP contribution in [0.25, 0.3) is 11.0 Å². The number of ether oxygens (including phenoxy) is 1. The average Bonchev–Trinajstić information content (AvgIpc) is 3.51. The molecule has 0 saturated heterocycles. The van der Waals surface area contributed by atoms with Crippen LogP contribution in [-0.4, -0.2) is 44.0 Å². The lowest BCUT2D eigenvalue weighted by Gasteiger charge is -2.26. The highest BCUT2D eigenvalue weighted by molar-refractivity contribution is 7.09. The first-order valence-corrected chi connectivity index (χ1v) is 12.7. The summed E-state index contributed by atoms with van der Waals surface area (Å²) >= 11 is 1.37. The molecule has 2 amide bonds. The Balaban J connectivity index is 1.38. The summed E-state index contributed by atoms with van der Waals surface area (Å²) in [4.78, 5) is 39.4. The van der Waals surface area contributed by atoms with E-state index in [0.717, 1.165) is 21.6 Å². The second kappa shape index (κ2) is 11.2. The van der Waals surface area contributed by atoms with Gasteiger partial charge in [0.15, 0.2) is 0 Å². The minimum absolute atomic E-state index is 0.257. The van der Waals surface area contributed by atoms with E-state index in [1.54, 1.807) is 34.5 Å². The summed E-state index contributed by atoms with van der Waals surface area (Å²) in [6, 6.07) is 16.8. The first-order chi connectivity index (χ1) is 17.7. The number of H-pyrrole nitrogens is 1. The zero-order valence-electron chi connectivity index (χ0n) is 20.9. The third-order valence-corrected chi connectivity index (χ3v) is 6.26. The molecule has 4 rings (SSSR count). The molecule has 190 valence electrons. The number of rotatable bonds is 8. The number of fused-ring (bicyclic) bond motifs is 1. The van der Waals surface area contributed by atoms with Crippen molar-refractivity contribution in [3.05, 3.63) is 81.6 Å². The zero-order chi connectivity index (χ0) is 26.4. The highest BCUT2D eigenvalue weighted by atomic mass is 32.1. The standard InChI is InChI=1S/C27H28N6O3S/c1-27(2,3)36-26(35)33(16-23-30-20-6-4-5-7-21(20)31-23)13-12-24-32-22(17-37-24)25(34)29-15-19-10-8-18(14-28)9-11-19/h4-11,17H,12-13,15-16H2,1-3H3,(H,29,34)(H,30,31). The number of benzene rings is 2. The lowest BCUT2D eigenvalue weighted by atomic mass is 10.1. The maximum absolute atomic E-state index is 12.9. The van der Waals surface area contributed by atoms with Crippen LogP contribution in [0.5, 0.6) is 0 Å². The van der Waals surface area contributed by atoms with Crippen LogP contribution in [0.2, 0.25) is 0 Å². The molecule has 0 unspecified atom stereocenters. The van der Waals surface area contributed by atoms with Gasteiger partial charge in [0.25, 0.3) is 5.91 Å². The summed E-state index contributed by atoms with van der Waals surface area (Å²) in [6.45, 7) is 6.43. The Kier molecular flexibility index (Phi) is 7.84. The minimum atomic E-state index is -0.634. The van der Waals surface area contributed by atoms with E-state index in [-0.39, 0.29) is 12.5 Å². The van der Waals surface area contributed by atoms with E-state index < -0.39 is 11.7 Å². The van der Waals surface area contributed by atoms with Gasteiger partial charge in [-0.15, -0.1) is 11.3 Å². The van der Waals surface area contributed by atoms with Crippen LogP contribution in [0.3, 0.4) is 0 Å². The third-order valence-electron chi connectivity index (χ3n) is 5.35. The van der Waals surface area contributed by atoms with Crippen molar-refractivity contribution in [2.75, 3.05) is 6.54 Å². The quantitative estimate of drug-likeness (QED) is 0.347. The fourth-order valence-electron chi connectivity index (χ4n) is 3.55. The van der Waals surface area contributed by atoms with Crippen LogP contribution in [0.15, 0.2) is 53.9 Å². The monoisotopic (exact) mass is 516 g/mol. The van der Waals surface area contributed by atoms with Crippen molar-refractivity contribution in [2.24, 2.45) is 0 Å². The van der Waals surface area contributed by atoms with E-state index in [0.29, 0.717) is 36.6 Å². The van der Waals surface area contributed by atoms with E-state index in [1.165, 1.54) is 11.3 Å². The Morgan fingerprint density at radius 3 is 2.59 bits per heavy atom. The largest absolute Gasteiger partial charge is 0.444 e. The van der Waals surface area contributed by atoms with E-state index >= 15 is 0 Å². The molecule has 37 heavy (non-hydrogen) atoms. The molecule has 0 radical (unpaired) electrons. The van der Waals surface area contributed by atoms with Gasteiger partial charge in [-0.1, -0.05) is 24.3 Å². The van der Waals surface area contributed by atoms with Gasteiger partial charge in [-0.25, -0.2) is 14.8 Å². The summed E-state index contributed by atoms with van der Waals surface area (Å²) in [5.41, 5.74) is 2.89. The number of nitriles is 1. The van der Waals surface area contributed by atoms with Crippen LogP contribution in [0.4, 0.5) is 4.79 Å². The van der Waals surface area contributed by atoms with Gasteiger partial charge < -0.3 is 19.9 Å². The Bertz CT molecular complexity index is 1400. The van der Waals surface area contributed by atoms with Gasteiger partial charge in [-0.2, -0.15) is 5.26 Å². The summed E-state index contributed by atoms with van der Waals surface area (Å²) < 4.78 is 5.61.